The van der Waals surface area contributed by atoms with Gasteiger partial charge in [-0.05, 0) is 44.1 Å². The van der Waals surface area contributed by atoms with E-state index in [0.29, 0.717) is 17.6 Å². The van der Waals surface area contributed by atoms with Crippen LogP contribution in [0.3, 0.4) is 0 Å². The monoisotopic (exact) mass is 245 g/mol. The average molecular weight is 245 g/mol. The Labute approximate surface area is 98.9 Å². The van der Waals surface area contributed by atoms with Crippen LogP contribution in [0.2, 0.25) is 0 Å². The Morgan fingerprint density at radius 3 is 2.69 bits per heavy atom. The topological polar surface area (TPSA) is 46.2 Å². The normalized spacial score (nSPS) is 39.1. The van der Waals surface area contributed by atoms with Gasteiger partial charge in [0.2, 0.25) is 0 Å². The van der Waals surface area contributed by atoms with E-state index in [9.17, 15) is 8.42 Å². The molecule has 0 aromatic heterocycles. The summed E-state index contributed by atoms with van der Waals surface area (Å²) in [5.74, 6) is 1.58. The first-order chi connectivity index (χ1) is 7.50. The molecule has 0 aromatic carbocycles. The summed E-state index contributed by atoms with van der Waals surface area (Å²) in [7, 11) is -2.85. The zero-order valence-electron chi connectivity index (χ0n) is 10.3. The van der Waals surface area contributed by atoms with Crippen molar-refractivity contribution < 1.29 is 8.42 Å². The molecule has 0 aromatic rings. The molecule has 2 aliphatic rings. The Hall–Kier alpha value is -0.0900. The van der Waals surface area contributed by atoms with Gasteiger partial charge in [0.05, 0.1) is 11.0 Å². The molecule has 1 N–H and O–H groups in total. The van der Waals surface area contributed by atoms with Gasteiger partial charge < -0.3 is 5.32 Å². The lowest BCUT2D eigenvalue weighted by atomic mass is 9.79. The Kier molecular flexibility index (Phi) is 3.59. The van der Waals surface area contributed by atoms with Gasteiger partial charge in [-0.25, -0.2) is 8.42 Å². The maximum absolute atomic E-state index is 12.2. The van der Waals surface area contributed by atoms with Gasteiger partial charge >= 0.3 is 0 Å². The van der Waals surface area contributed by atoms with E-state index in [2.05, 4.69) is 19.2 Å². The van der Waals surface area contributed by atoms with E-state index in [1.165, 1.54) is 6.42 Å². The minimum Gasteiger partial charge on any atom is -0.313 e. The van der Waals surface area contributed by atoms with Crippen molar-refractivity contribution in [2.75, 3.05) is 12.3 Å². The minimum absolute atomic E-state index is 0.115. The molecule has 1 aliphatic carbocycles. The van der Waals surface area contributed by atoms with E-state index in [0.717, 1.165) is 25.8 Å². The van der Waals surface area contributed by atoms with Gasteiger partial charge in [0, 0.05) is 6.04 Å². The smallest absolute Gasteiger partial charge is 0.154 e. The predicted octanol–water partition coefficient (Wildman–Crippen LogP) is 1.59. The third-order valence-corrected chi connectivity index (χ3v) is 6.55. The second kappa shape index (κ2) is 4.65. The van der Waals surface area contributed by atoms with E-state index in [1.807, 2.05) is 0 Å². The minimum atomic E-state index is -2.85. The lowest BCUT2D eigenvalue weighted by molar-refractivity contribution is 0.244. The summed E-state index contributed by atoms with van der Waals surface area (Å²) in [6.45, 7) is 5.29. The number of hydrogen-bond acceptors (Lipinski definition) is 3. The molecule has 3 unspecified atom stereocenters. The van der Waals surface area contributed by atoms with Crippen molar-refractivity contribution in [1.29, 1.82) is 0 Å². The van der Waals surface area contributed by atoms with E-state index < -0.39 is 9.84 Å². The van der Waals surface area contributed by atoms with Crippen LogP contribution in [-0.4, -0.2) is 32.0 Å². The molecule has 94 valence electrons. The maximum atomic E-state index is 12.2. The van der Waals surface area contributed by atoms with Crippen LogP contribution >= 0.6 is 0 Å². The molecule has 1 saturated heterocycles. The Bertz CT molecular complexity index is 337. The van der Waals surface area contributed by atoms with Crippen molar-refractivity contribution in [3.8, 4) is 0 Å². The standard InChI is InChI=1S/C12H23NO2S/c1-9(2)10-4-5-11-12(8-10)16(14,15)7-3-6-13-11/h9-13H,3-8H2,1-2H3. The summed E-state index contributed by atoms with van der Waals surface area (Å²) >= 11 is 0. The van der Waals surface area contributed by atoms with Crippen LogP contribution in [0.25, 0.3) is 0 Å². The molecule has 0 radical (unpaired) electrons. The van der Waals surface area contributed by atoms with E-state index in [4.69, 9.17) is 0 Å². The largest absolute Gasteiger partial charge is 0.313 e. The summed E-state index contributed by atoms with van der Waals surface area (Å²) in [6, 6.07) is 0.225. The first-order valence-electron chi connectivity index (χ1n) is 6.45. The third-order valence-electron chi connectivity index (χ3n) is 4.25. The molecule has 2 fully saturated rings. The highest BCUT2D eigenvalue weighted by molar-refractivity contribution is 7.92. The van der Waals surface area contributed by atoms with E-state index in [1.54, 1.807) is 0 Å². The summed E-state index contributed by atoms with van der Waals surface area (Å²) in [4.78, 5) is 0. The molecule has 1 aliphatic heterocycles. The molecule has 2 rings (SSSR count). The first kappa shape index (κ1) is 12.4. The van der Waals surface area contributed by atoms with Crippen LogP contribution in [0.15, 0.2) is 0 Å². The van der Waals surface area contributed by atoms with Crippen molar-refractivity contribution >= 4 is 9.84 Å². The van der Waals surface area contributed by atoms with Gasteiger partial charge in [-0.15, -0.1) is 0 Å². The quantitative estimate of drug-likeness (QED) is 0.763. The second-order valence-corrected chi connectivity index (χ2v) is 7.98. The van der Waals surface area contributed by atoms with Crippen LogP contribution in [0, 0.1) is 11.8 Å². The maximum Gasteiger partial charge on any atom is 0.154 e. The molecule has 3 atom stereocenters. The molecule has 0 amide bonds. The SMILES string of the molecule is CC(C)C1CCC2NCCCS(=O)(=O)C2C1. The average Bonchev–Trinajstić information content (AvgIpc) is 2.37. The van der Waals surface area contributed by atoms with Gasteiger partial charge in [-0.3, -0.25) is 0 Å². The number of fused-ring (bicyclic) bond motifs is 1. The lowest BCUT2D eigenvalue weighted by Crippen LogP contribution is -2.47. The fraction of sp³-hybridized carbons (Fsp3) is 1.00. The summed E-state index contributed by atoms with van der Waals surface area (Å²) in [5.41, 5.74) is 0. The van der Waals surface area contributed by atoms with Crippen LogP contribution in [0.5, 0.6) is 0 Å². The number of nitrogens with one attached hydrogen (secondary N) is 1. The summed E-state index contributed by atoms with van der Waals surface area (Å²) < 4.78 is 24.3. The Morgan fingerprint density at radius 2 is 2.00 bits per heavy atom. The highest BCUT2D eigenvalue weighted by atomic mass is 32.2. The van der Waals surface area contributed by atoms with Crippen molar-refractivity contribution in [1.82, 2.24) is 5.32 Å². The van der Waals surface area contributed by atoms with Gasteiger partial charge in [0.1, 0.15) is 0 Å². The number of sulfone groups is 1. The van der Waals surface area contributed by atoms with Crippen LogP contribution in [0.4, 0.5) is 0 Å². The summed E-state index contributed by atoms with van der Waals surface area (Å²) in [6.07, 6.45) is 3.87. The highest BCUT2D eigenvalue weighted by Crippen LogP contribution is 2.34. The molecular weight excluding hydrogens is 222 g/mol. The fourth-order valence-corrected chi connectivity index (χ4v) is 5.23. The predicted molar refractivity (Wildman–Crippen MR) is 66.2 cm³/mol. The lowest BCUT2D eigenvalue weighted by Gasteiger charge is -2.36. The van der Waals surface area contributed by atoms with Gasteiger partial charge in [0.25, 0.3) is 0 Å². The Balaban J connectivity index is 2.17. The van der Waals surface area contributed by atoms with Crippen molar-refractivity contribution in [2.45, 2.75) is 50.8 Å². The Morgan fingerprint density at radius 1 is 1.25 bits per heavy atom. The number of rotatable bonds is 1. The van der Waals surface area contributed by atoms with E-state index in [-0.39, 0.29) is 11.3 Å². The number of hydrogen-bond donors (Lipinski definition) is 1. The van der Waals surface area contributed by atoms with Gasteiger partial charge in [0.15, 0.2) is 9.84 Å². The van der Waals surface area contributed by atoms with E-state index >= 15 is 0 Å². The molecule has 1 saturated carbocycles. The fourth-order valence-electron chi connectivity index (χ4n) is 3.11. The molecule has 3 nitrogen and oxygen atoms in total. The molecule has 16 heavy (non-hydrogen) atoms. The molecule has 4 heteroatoms. The van der Waals surface area contributed by atoms with Crippen LogP contribution < -0.4 is 5.32 Å². The third kappa shape index (κ3) is 2.43. The highest BCUT2D eigenvalue weighted by Gasteiger charge is 2.40. The zero-order valence-corrected chi connectivity index (χ0v) is 11.1. The molecule has 1 heterocycles. The van der Waals surface area contributed by atoms with Crippen molar-refractivity contribution in [3.05, 3.63) is 0 Å². The molecular formula is C12H23NO2S. The van der Waals surface area contributed by atoms with Crippen molar-refractivity contribution in [2.24, 2.45) is 11.8 Å². The first-order valence-corrected chi connectivity index (χ1v) is 8.17. The second-order valence-electron chi connectivity index (χ2n) is 5.64. The van der Waals surface area contributed by atoms with Crippen LogP contribution in [-0.2, 0) is 9.84 Å². The summed E-state index contributed by atoms with van der Waals surface area (Å²) in [5, 5.41) is 3.30. The van der Waals surface area contributed by atoms with Gasteiger partial charge in [-0.2, -0.15) is 0 Å². The van der Waals surface area contributed by atoms with Gasteiger partial charge in [-0.1, -0.05) is 13.8 Å². The zero-order chi connectivity index (χ0) is 11.8. The molecule has 0 bridgehead atoms. The van der Waals surface area contributed by atoms with Crippen molar-refractivity contribution in [3.63, 3.8) is 0 Å². The van der Waals surface area contributed by atoms with Crippen LogP contribution in [0.1, 0.15) is 39.5 Å². The molecule has 0 spiro atoms.